The summed E-state index contributed by atoms with van der Waals surface area (Å²) in [4.78, 5) is 4.69. The fourth-order valence-corrected chi connectivity index (χ4v) is 6.51. The van der Waals surface area contributed by atoms with Crippen molar-refractivity contribution < 1.29 is 13.2 Å². The first-order valence-corrected chi connectivity index (χ1v) is 13.2. The summed E-state index contributed by atoms with van der Waals surface area (Å²) < 4.78 is 31.9. The standard InChI is InChI=1S/C21H40N4O3S.HI/c1-4-22-20(23-17-10-14-25(15-11-17)29(26,27)6-3)24-18-16-19(28-5-2)21(18)12-8-7-9-13-21;/h17-19H,4-16H2,1-3H3,(H2,22,23,24);1H. The molecule has 3 rings (SSSR count). The Morgan fingerprint density at radius 2 is 1.77 bits per heavy atom. The van der Waals surface area contributed by atoms with Crippen molar-refractivity contribution in [1.82, 2.24) is 14.9 Å². The van der Waals surface area contributed by atoms with Crippen LogP contribution in [0.2, 0.25) is 0 Å². The van der Waals surface area contributed by atoms with Crippen molar-refractivity contribution >= 4 is 40.0 Å². The Kier molecular flexibility index (Phi) is 10.1. The van der Waals surface area contributed by atoms with Crippen LogP contribution < -0.4 is 10.6 Å². The van der Waals surface area contributed by atoms with E-state index in [-0.39, 0.29) is 41.2 Å². The van der Waals surface area contributed by atoms with Crippen LogP contribution in [0.5, 0.6) is 0 Å². The second kappa shape index (κ2) is 11.7. The molecule has 0 aromatic heterocycles. The van der Waals surface area contributed by atoms with E-state index in [1.807, 2.05) is 0 Å². The van der Waals surface area contributed by atoms with Crippen LogP contribution in [-0.2, 0) is 14.8 Å². The maximum Gasteiger partial charge on any atom is 0.213 e. The van der Waals surface area contributed by atoms with Crippen LogP contribution in [0.4, 0.5) is 0 Å². The topological polar surface area (TPSA) is 83.0 Å². The van der Waals surface area contributed by atoms with Gasteiger partial charge in [-0.1, -0.05) is 19.3 Å². The third kappa shape index (κ3) is 5.81. The minimum absolute atomic E-state index is 0. The zero-order valence-corrected chi connectivity index (χ0v) is 22.0. The molecule has 1 saturated heterocycles. The maximum absolute atomic E-state index is 12.1. The van der Waals surface area contributed by atoms with Crippen molar-refractivity contribution in [2.45, 2.75) is 90.3 Å². The van der Waals surface area contributed by atoms with Crippen LogP contribution in [0.15, 0.2) is 4.99 Å². The zero-order chi connectivity index (χ0) is 20.9. The number of hydrogen-bond acceptors (Lipinski definition) is 4. The van der Waals surface area contributed by atoms with E-state index in [0.29, 0.717) is 25.2 Å². The summed E-state index contributed by atoms with van der Waals surface area (Å²) in [6.45, 7) is 8.55. The number of piperidine rings is 1. The molecule has 0 radical (unpaired) electrons. The molecule has 176 valence electrons. The fourth-order valence-electron chi connectivity index (χ4n) is 5.38. The molecule has 1 heterocycles. The minimum atomic E-state index is -3.08. The number of ether oxygens (including phenoxy) is 1. The molecule has 3 fully saturated rings. The first-order chi connectivity index (χ1) is 13.9. The Bertz CT molecular complexity index is 659. The van der Waals surface area contributed by atoms with Crippen LogP contribution >= 0.6 is 24.0 Å². The lowest BCUT2D eigenvalue weighted by Crippen LogP contribution is -2.67. The number of halogens is 1. The van der Waals surface area contributed by atoms with Gasteiger partial charge >= 0.3 is 0 Å². The number of aliphatic imine (C=N–C) groups is 1. The van der Waals surface area contributed by atoms with Crippen LogP contribution in [0.3, 0.4) is 0 Å². The maximum atomic E-state index is 12.1. The Hall–Kier alpha value is -0.130. The van der Waals surface area contributed by atoms with E-state index >= 15 is 0 Å². The van der Waals surface area contributed by atoms with Crippen molar-refractivity contribution in [3.05, 3.63) is 0 Å². The molecule has 2 saturated carbocycles. The van der Waals surface area contributed by atoms with Gasteiger partial charge in [-0.25, -0.2) is 12.7 Å². The second-order valence-corrected chi connectivity index (χ2v) is 11.0. The lowest BCUT2D eigenvalue weighted by Gasteiger charge is -2.58. The number of nitrogens with zero attached hydrogens (tertiary/aromatic N) is 2. The molecule has 7 nitrogen and oxygen atoms in total. The van der Waals surface area contributed by atoms with Crippen LogP contribution in [0, 0.1) is 5.41 Å². The zero-order valence-electron chi connectivity index (χ0n) is 18.9. The highest BCUT2D eigenvalue weighted by molar-refractivity contribution is 14.0. The van der Waals surface area contributed by atoms with Gasteiger partial charge in [0.05, 0.1) is 11.9 Å². The van der Waals surface area contributed by atoms with Gasteiger partial charge < -0.3 is 15.4 Å². The Morgan fingerprint density at radius 1 is 1.10 bits per heavy atom. The highest BCUT2D eigenvalue weighted by Crippen LogP contribution is 2.53. The van der Waals surface area contributed by atoms with Crippen LogP contribution in [-0.4, -0.2) is 68.9 Å². The average Bonchev–Trinajstić information content (AvgIpc) is 2.74. The molecule has 2 atom stereocenters. The molecule has 1 aliphatic heterocycles. The van der Waals surface area contributed by atoms with Gasteiger partial charge in [-0.05, 0) is 52.9 Å². The van der Waals surface area contributed by atoms with E-state index < -0.39 is 10.0 Å². The number of nitrogens with one attached hydrogen (secondary N) is 2. The van der Waals surface area contributed by atoms with E-state index in [4.69, 9.17) is 9.73 Å². The summed E-state index contributed by atoms with van der Waals surface area (Å²) >= 11 is 0. The highest BCUT2D eigenvalue weighted by Gasteiger charge is 2.56. The van der Waals surface area contributed by atoms with Crippen molar-refractivity contribution in [3.8, 4) is 0 Å². The van der Waals surface area contributed by atoms with E-state index in [9.17, 15) is 8.42 Å². The quantitative estimate of drug-likeness (QED) is 0.286. The van der Waals surface area contributed by atoms with Crippen molar-refractivity contribution in [1.29, 1.82) is 0 Å². The predicted octanol–water partition coefficient (Wildman–Crippen LogP) is 3.10. The third-order valence-corrected chi connectivity index (χ3v) is 9.00. The largest absolute Gasteiger partial charge is 0.378 e. The smallest absolute Gasteiger partial charge is 0.213 e. The normalized spacial score (nSPS) is 27.9. The Balaban J connectivity index is 0.00000320. The summed E-state index contributed by atoms with van der Waals surface area (Å²) in [7, 11) is -3.08. The Morgan fingerprint density at radius 3 is 2.33 bits per heavy atom. The number of hydrogen-bond donors (Lipinski definition) is 2. The molecule has 2 N–H and O–H groups in total. The summed E-state index contributed by atoms with van der Waals surface area (Å²) in [6.07, 6.45) is 9.45. The molecule has 0 aromatic carbocycles. The molecule has 9 heteroatoms. The van der Waals surface area contributed by atoms with Crippen molar-refractivity contribution in [3.63, 3.8) is 0 Å². The summed E-state index contributed by atoms with van der Waals surface area (Å²) in [5, 5.41) is 7.32. The molecule has 0 amide bonds. The monoisotopic (exact) mass is 556 g/mol. The highest BCUT2D eigenvalue weighted by atomic mass is 127. The summed E-state index contributed by atoms with van der Waals surface area (Å²) in [5.74, 6) is 1.06. The number of sulfonamides is 1. The van der Waals surface area contributed by atoms with E-state index in [0.717, 1.165) is 38.4 Å². The van der Waals surface area contributed by atoms with Gasteiger partial charge in [-0.3, -0.25) is 4.99 Å². The molecule has 30 heavy (non-hydrogen) atoms. The molecule has 0 aromatic rings. The van der Waals surface area contributed by atoms with E-state index in [1.54, 1.807) is 11.2 Å². The number of guanidine groups is 1. The first kappa shape index (κ1) is 26.1. The molecule has 2 aliphatic carbocycles. The van der Waals surface area contributed by atoms with Gasteiger partial charge in [0.1, 0.15) is 0 Å². The Labute approximate surface area is 200 Å². The molecule has 1 spiro atoms. The molecular weight excluding hydrogens is 515 g/mol. The third-order valence-electron chi connectivity index (χ3n) is 7.12. The van der Waals surface area contributed by atoms with Gasteiger partial charge in [0.2, 0.25) is 10.0 Å². The summed E-state index contributed by atoms with van der Waals surface area (Å²) in [5.41, 5.74) is 0.253. The van der Waals surface area contributed by atoms with Crippen molar-refractivity contribution in [2.75, 3.05) is 32.0 Å². The first-order valence-electron chi connectivity index (χ1n) is 11.6. The van der Waals surface area contributed by atoms with Crippen LogP contribution in [0.25, 0.3) is 0 Å². The average molecular weight is 557 g/mol. The van der Waals surface area contributed by atoms with Crippen LogP contribution in [0.1, 0.15) is 72.1 Å². The van der Waals surface area contributed by atoms with Gasteiger partial charge in [-0.2, -0.15) is 0 Å². The molecule has 2 unspecified atom stereocenters. The number of rotatable bonds is 7. The minimum Gasteiger partial charge on any atom is -0.378 e. The lowest BCUT2D eigenvalue weighted by atomic mass is 9.55. The molecule has 0 bridgehead atoms. The van der Waals surface area contributed by atoms with Gasteiger partial charge in [0, 0.05) is 43.7 Å². The van der Waals surface area contributed by atoms with Gasteiger partial charge in [0.25, 0.3) is 0 Å². The molecular formula is C21H41IN4O3S. The molecule has 3 aliphatic rings. The lowest BCUT2D eigenvalue weighted by molar-refractivity contribution is -0.145. The van der Waals surface area contributed by atoms with Gasteiger partial charge in [0.15, 0.2) is 5.96 Å². The van der Waals surface area contributed by atoms with Gasteiger partial charge in [-0.15, -0.1) is 24.0 Å². The summed E-state index contributed by atoms with van der Waals surface area (Å²) in [6, 6.07) is 0.680. The fraction of sp³-hybridized carbons (Fsp3) is 0.952. The predicted molar refractivity (Wildman–Crippen MR) is 133 cm³/mol. The van der Waals surface area contributed by atoms with E-state index in [1.165, 1.54) is 32.1 Å². The van der Waals surface area contributed by atoms with E-state index in [2.05, 4.69) is 24.5 Å². The SMILES string of the molecule is CCN=C(NC1CCN(S(=O)(=O)CC)CC1)NC1CC(OCC)C12CCCCC2.I. The second-order valence-electron chi connectivity index (χ2n) is 8.71. The van der Waals surface area contributed by atoms with Crippen molar-refractivity contribution in [2.24, 2.45) is 10.4 Å².